The Morgan fingerprint density at radius 2 is 2.13 bits per heavy atom. The first-order valence-electron chi connectivity index (χ1n) is 8.71. The van der Waals surface area contributed by atoms with Crippen molar-refractivity contribution in [3.63, 3.8) is 0 Å². The number of alkyl halides is 2. The maximum absolute atomic E-state index is 13.0. The van der Waals surface area contributed by atoms with Gasteiger partial charge in [0.25, 0.3) is 0 Å². The van der Waals surface area contributed by atoms with Crippen molar-refractivity contribution >= 4 is 5.91 Å². The minimum Gasteiger partial charge on any atom is -0.332 e. The Kier molecular flexibility index (Phi) is 3.85. The predicted molar refractivity (Wildman–Crippen MR) is 80.6 cm³/mol. The second kappa shape index (κ2) is 5.87. The summed E-state index contributed by atoms with van der Waals surface area (Å²) in [5.41, 5.74) is 0. The number of amides is 1. The zero-order valence-corrected chi connectivity index (χ0v) is 13.2. The molecule has 0 aromatic carbocycles. The summed E-state index contributed by atoms with van der Waals surface area (Å²) in [6.07, 6.45) is 10.3. The molecule has 3 aliphatic rings. The first kappa shape index (κ1) is 15.1. The molecule has 3 aliphatic carbocycles. The molecule has 3 saturated carbocycles. The van der Waals surface area contributed by atoms with Gasteiger partial charge in [0.1, 0.15) is 5.82 Å². The first-order chi connectivity index (χ1) is 11.1. The number of halogens is 2. The van der Waals surface area contributed by atoms with Crippen LogP contribution >= 0.6 is 0 Å². The van der Waals surface area contributed by atoms with Crippen molar-refractivity contribution in [3.8, 4) is 0 Å². The van der Waals surface area contributed by atoms with E-state index in [9.17, 15) is 13.6 Å². The van der Waals surface area contributed by atoms with Crippen LogP contribution in [-0.4, -0.2) is 26.4 Å². The summed E-state index contributed by atoms with van der Waals surface area (Å²) in [4.78, 5) is 18.6. The number of hydrogen-bond donors (Lipinski definition) is 0. The van der Waals surface area contributed by atoms with E-state index in [1.54, 1.807) is 4.90 Å². The summed E-state index contributed by atoms with van der Waals surface area (Å²) in [6, 6.07) is 0.226. The lowest BCUT2D eigenvalue weighted by molar-refractivity contribution is -0.134. The number of carbonyl (C=O) groups excluding carboxylic acids is 1. The topological polar surface area (TPSA) is 38.1 Å². The van der Waals surface area contributed by atoms with E-state index < -0.39 is 6.55 Å². The van der Waals surface area contributed by atoms with Gasteiger partial charge >= 0.3 is 6.55 Å². The molecule has 4 rings (SSSR count). The molecule has 23 heavy (non-hydrogen) atoms. The van der Waals surface area contributed by atoms with E-state index in [-0.39, 0.29) is 24.3 Å². The molecule has 2 bridgehead atoms. The number of fused-ring (bicyclic) bond motifs is 2. The van der Waals surface area contributed by atoms with Crippen LogP contribution < -0.4 is 0 Å². The third-order valence-electron chi connectivity index (χ3n) is 5.90. The Hall–Kier alpha value is -1.46. The second-order valence-electron chi connectivity index (χ2n) is 7.42. The first-order valence-corrected chi connectivity index (χ1v) is 8.71. The zero-order chi connectivity index (χ0) is 16.0. The van der Waals surface area contributed by atoms with Gasteiger partial charge < -0.3 is 4.90 Å². The normalized spacial score (nSPS) is 29.4. The average molecular weight is 323 g/mol. The van der Waals surface area contributed by atoms with Crippen molar-refractivity contribution in [2.24, 2.45) is 17.8 Å². The fourth-order valence-electron chi connectivity index (χ4n) is 4.57. The Bertz CT molecular complexity index is 584. The van der Waals surface area contributed by atoms with Crippen molar-refractivity contribution < 1.29 is 13.6 Å². The summed E-state index contributed by atoms with van der Waals surface area (Å²) in [7, 11) is 0. The molecule has 0 aliphatic heterocycles. The largest absolute Gasteiger partial charge is 0.332 e. The van der Waals surface area contributed by atoms with Crippen molar-refractivity contribution in [2.45, 2.75) is 64.1 Å². The molecule has 0 saturated heterocycles. The van der Waals surface area contributed by atoms with Crippen LogP contribution in [0.4, 0.5) is 8.78 Å². The fourth-order valence-corrected chi connectivity index (χ4v) is 4.57. The molecular weight excluding hydrogens is 300 g/mol. The summed E-state index contributed by atoms with van der Waals surface area (Å²) in [5, 5.41) is 0. The highest BCUT2D eigenvalue weighted by molar-refractivity contribution is 5.77. The van der Waals surface area contributed by atoms with E-state index in [1.807, 2.05) is 0 Å². The maximum Gasteiger partial charge on any atom is 0.319 e. The van der Waals surface area contributed by atoms with Gasteiger partial charge in [-0.2, -0.15) is 8.78 Å². The lowest BCUT2D eigenvalue weighted by Crippen LogP contribution is -2.35. The van der Waals surface area contributed by atoms with E-state index in [4.69, 9.17) is 0 Å². The molecule has 6 heteroatoms. The van der Waals surface area contributed by atoms with Gasteiger partial charge in [0.15, 0.2) is 0 Å². The van der Waals surface area contributed by atoms with Crippen LogP contribution in [0.15, 0.2) is 12.4 Å². The quantitative estimate of drug-likeness (QED) is 0.802. The van der Waals surface area contributed by atoms with Crippen molar-refractivity contribution in [1.82, 2.24) is 14.5 Å². The van der Waals surface area contributed by atoms with Crippen LogP contribution in [0, 0.1) is 17.8 Å². The van der Waals surface area contributed by atoms with Crippen LogP contribution in [0.1, 0.15) is 57.3 Å². The van der Waals surface area contributed by atoms with Gasteiger partial charge in [-0.1, -0.05) is 6.42 Å². The molecule has 0 spiro atoms. The monoisotopic (exact) mass is 323 g/mol. The molecule has 1 aromatic rings. The van der Waals surface area contributed by atoms with E-state index >= 15 is 0 Å². The molecule has 3 fully saturated rings. The number of rotatable bonds is 6. The van der Waals surface area contributed by atoms with Crippen LogP contribution in [0.3, 0.4) is 0 Å². The second-order valence-corrected chi connectivity index (χ2v) is 7.42. The molecule has 3 atom stereocenters. The standard InChI is InChI=1S/C17H23F2N3O/c18-17(19)21-6-5-20-15(21)10-22(14-3-4-14)16(23)9-13-8-11-1-2-12(13)7-11/h5-6,11-14,17H,1-4,7-10H2/t11-,12-,13+/m0/s1. The van der Waals surface area contributed by atoms with Crippen LogP contribution in [0.25, 0.3) is 0 Å². The van der Waals surface area contributed by atoms with Gasteiger partial charge in [-0.25, -0.2) is 4.98 Å². The molecule has 4 nitrogen and oxygen atoms in total. The highest BCUT2D eigenvalue weighted by Gasteiger charge is 2.42. The van der Waals surface area contributed by atoms with Gasteiger partial charge in [-0.3, -0.25) is 9.36 Å². The zero-order valence-electron chi connectivity index (χ0n) is 13.2. The SMILES string of the molecule is O=C(C[C@H]1C[C@H]2CC[C@H]1C2)N(Cc1nccn1C(F)F)C1CC1. The Morgan fingerprint density at radius 1 is 1.30 bits per heavy atom. The molecule has 0 radical (unpaired) electrons. The molecule has 126 valence electrons. The van der Waals surface area contributed by atoms with Gasteiger partial charge in [-0.15, -0.1) is 0 Å². The summed E-state index contributed by atoms with van der Waals surface area (Å²) < 4.78 is 26.8. The van der Waals surface area contributed by atoms with E-state index in [0.29, 0.717) is 18.3 Å². The minimum absolute atomic E-state index is 0.133. The number of aromatic nitrogens is 2. The molecule has 1 heterocycles. The number of imidazole rings is 1. The summed E-state index contributed by atoms with van der Waals surface area (Å²) in [5.74, 6) is 2.47. The highest BCUT2D eigenvalue weighted by atomic mass is 19.3. The van der Waals surface area contributed by atoms with Gasteiger partial charge in [-0.05, 0) is 49.9 Å². The van der Waals surface area contributed by atoms with Crippen molar-refractivity contribution in [1.29, 1.82) is 0 Å². The van der Waals surface area contributed by atoms with E-state index in [2.05, 4.69) is 4.98 Å². The van der Waals surface area contributed by atoms with Gasteiger partial charge in [0.05, 0.1) is 6.54 Å². The summed E-state index contributed by atoms with van der Waals surface area (Å²) in [6.45, 7) is -2.39. The van der Waals surface area contributed by atoms with E-state index in [1.165, 1.54) is 38.1 Å². The van der Waals surface area contributed by atoms with Crippen molar-refractivity contribution in [3.05, 3.63) is 18.2 Å². The predicted octanol–water partition coefficient (Wildman–Crippen LogP) is 3.60. The molecule has 0 N–H and O–H groups in total. The Labute approximate surface area is 134 Å². The number of nitrogens with zero attached hydrogens (tertiary/aromatic N) is 3. The maximum atomic E-state index is 13.0. The molecule has 1 amide bonds. The number of carbonyl (C=O) groups is 1. The molecule has 1 aromatic heterocycles. The van der Waals surface area contributed by atoms with Crippen molar-refractivity contribution in [2.75, 3.05) is 0 Å². The lowest BCUT2D eigenvalue weighted by Gasteiger charge is -2.27. The lowest BCUT2D eigenvalue weighted by atomic mass is 9.86. The average Bonchev–Trinajstić information content (AvgIpc) is 2.95. The van der Waals surface area contributed by atoms with Crippen LogP contribution in [-0.2, 0) is 11.3 Å². The van der Waals surface area contributed by atoms with Gasteiger partial charge in [0.2, 0.25) is 5.91 Å². The highest BCUT2D eigenvalue weighted by Crippen LogP contribution is 2.49. The smallest absolute Gasteiger partial charge is 0.319 e. The molecule has 0 unspecified atom stereocenters. The minimum atomic E-state index is -2.60. The fraction of sp³-hybridized carbons (Fsp3) is 0.765. The molecular formula is C17H23F2N3O. The third kappa shape index (κ3) is 3.00. The third-order valence-corrected chi connectivity index (χ3v) is 5.90. The number of hydrogen-bond acceptors (Lipinski definition) is 2. The Morgan fingerprint density at radius 3 is 2.74 bits per heavy atom. The van der Waals surface area contributed by atoms with E-state index in [0.717, 1.165) is 23.3 Å². The van der Waals surface area contributed by atoms with Crippen LogP contribution in [0.2, 0.25) is 0 Å². The Balaban J connectivity index is 1.43. The summed E-state index contributed by atoms with van der Waals surface area (Å²) >= 11 is 0. The van der Waals surface area contributed by atoms with Gasteiger partial charge in [0, 0.05) is 24.9 Å². The van der Waals surface area contributed by atoms with Crippen LogP contribution in [0.5, 0.6) is 0 Å².